The number of hydrogen-bond acceptors (Lipinski definition) is 2. The Kier molecular flexibility index (Phi) is 5.26. The van der Waals surface area contributed by atoms with Crippen molar-refractivity contribution in [2.75, 3.05) is 6.61 Å². The van der Waals surface area contributed by atoms with Crippen LogP contribution in [0.3, 0.4) is 0 Å². The summed E-state index contributed by atoms with van der Waals surface area (Å²) < 4.78 is 0. The van der Waals surface area contributed by atoms with E-state index in [2.05, 4.69) is 10.3 Å². The molecule has 0 rings (SSSR count). The summed E-state index contributed by atoms with van der Waals surface area (Å²) in [6, 6.07) is 0. The second kappa shape index (κ2) is 5.59. The number of amides is 1. The Labute approximate surface area is 58.6 Å². The third-order valence-corrected chi connectivity index (χ3v) is 0.663. The Morgan fingerprint density at radius 1 is 1.89 bits per heavy atom. The number of rotatable bonds is 3. The normalized spacial score (nSPS) is 10.0. The zero-order chi connectivity index (χ0) is 7.11. The molecule has 0 saturated carbocycles. The highest BCUT2D eigenvalue weighted by Crippen LogP contribution is 1.77. The van der Waals surface area contributed by atoms with Crippen molar-refractivity contribution in [1.29, 1.82) is 0 Å². The van der Waals surface area contributed by atoms with E-state index in [0.29, 0.717) is 6.61 Å². The highest BCUT2D eigenvalue weighted by atomic mass is 35.5. The quantitative estimate of drug-likeness (QED) is 0.476. The highest BCUT2D eigenvalue weighted by Gasteiger charge is 1.84. The van der Waals surface area contributed by atoms with Crippen molar-refractivity contribution in [1.82, 2.24) is 5.48 Å². The summed E-state index contributed by atoms with van der Waals surface area (Å²) in [6.07, 6.45) is 1.57. The average molecular weight is 150 g/mol. The molecule has 0 saturated heterocycles. The summed E-state index contributed by atoms with van der Waals surface area (Å²) in [5.74, 6) is -0.224. The number of hydrogen-bond donors (Lipinski definition) is 1. The van der Waals surface area contributed by atoms with Gasteiger partial charge in [0, 0.05) is 12.5 Å². The van der Waals surface area contributed by atoms with E-state index in [9.17, 15) is 4.79 Å². The van der Waals surface area contributed by atoms with Crippen molar-refractivity contribution in [3.8, 4) is 0 Å². The first-order valence-corrected chi connectivity index (χ1v) is 2.84. The van der Waals surface area contributed by atoms with Crippen molar-refractivity contribution < 1.29 is 9.63 Å². The fourth-order valence-electron chi connectivity index (χ4n) is 0.228. The van der Waals surface area contributed by atoms with E-state index in [-0.39, 0.29) is 5.91 Å². The maximum absolute atomic E-state index is 10.1. The van der Waals surface area contributed by atoms with Crippen LogP contribution in [-0.2, 0) is 9.63 Å². The van der Waals surface area contributed by atoms with Crippen LogP contribution in [0.4, 0.5) is 0 Å². The van der Waals surface area contributed by atoms with Gasteiger partial charge in [0.15, 0.2) is 0 Å². The van der Waals surface area contributed by atoms with Crippen molar-refractivity contribution in [2.45, 2.75) is 6.92 Å². The predicted octanol–water partition coefficient (Wildman–Crippen LogP) is 0.807. The molecule has 0 bridgehead atoms. The number of nitrogens with one attached hydrogen (secondary N) is 1. The Bertz CT molecular complexity index is 114. The monoisotopic (exact) mass is 149 g/mol. The summed E-state index contributed by atoms with van der Waals surface area (Å²) in [4.78, 5) is 14.7. The lowest BCUT2D eigenvalue weighted by atomic mass is 10.7. The minimum Gasteiger partial charge on any atom is -0.273 e. The van der Waals surface area contributed by atoms with E-state index in [1.807, 2.05) is 0 Å². The number of halogens is 1. The first-order valence-electron chi connectivity index (χ1n) is 2.41. The molecule has 0 aliphatic rings. The molecule has 1 N–H and O–H groups in total. The van der Waals surface area contributed by atoms with Gasteiger partial charge >= 0.3 is 0 Å². The zero-order valence-electron chi connectivity index (χ0n) is 5.06. The van der Waals surface area contributed by atoms with Crippen LogP contribution < -0.4 is 5.48 Å². The summed E-state index contributed by atoms with van der Waals surface area (Å²) in [7, 11) is 0. The largest absolute Gasteiger partial charge is 0.273 e. The standard InChI is InChI=1S/C5H8ClNO2/c1-5(8)7-9-4-2-3-6/h2-3H,4H2,1H3,(H,7,8)/b3-2+. The van der Waals surface area contributed by atoms with Crippen LogP contribution in [0.1, 0.15) is 6.92 Å². The lowest BCUT2D eigenvalue weighted by molar-refractivity contribution is -0.130. The molecule has 0 unspecified atom stereocenters. The van der Waals surface area contributed by atoms with E-state index in [1.54, 1.807) is 6.08 Å². The van der Waals surface area contributed by atoms with Gasteiger partial charge in [-0.3, -0.25) is 9.63 Å². The van der Waals surface area contributed by atoms with E-state index in [1.165, 1.54) is 12.5 Å². The Morgan fingerprint density at radius 3 is 3.00 bits per heavy atom. The van der Waals surface area contributed by atoms with Crippen LogP contribution in [0, 0.1) is 0 Å². The van der Waals surface area contributed by atoms with E-state index in [4.69, 9.17) is 11.6 Å². The molecule has 4 heteroatoms. The summed E-state index contributed by atoms with van der Waals surface area (Å²) in [5.41, 5.74) is 3.45. The second-order valence-electron chi connectivity index (χ2n) is 1.33. The third kappa shape index (κ3) is 7.46. The van der Waals surface area contributed by atoms with Crippen LogP contribution in [0.5, 0.6) is 0 Å². The van der Waals surface area contributed by atoms with Crippen LogP contribution in [-0.4, -0.2) is 12.5 Å². The summed E-state index contributed by atoms with van der Waals surface area (Å²) in [5, 5.41) is 0. The molecule has 1 amide bonds. The molecule has 52 valence electrons. The first-order chi connectivity index (χ1) is 4.27. The molecule has 0 heterocycles. The van der Waals surface area contributed by atoms with Crippen molar-refractivity contribution in [2.24, 2.45) is 0 Å². The Balaban J connectivity index is 3.01. The van der Waals surface area contributed by atoms with Gasteiger partial charge in [-0.05, 0) is 6.08 Å². The van der Waals surface area contributed by atoms with Gasteiger partial charge in [0.2, 0.25) is 5.91 Å². The SMILES string of the molecule is CC(=O)NOC/C=C/Cl. The molecule has 9 heavy (non-hydrogen) atoms. The number of carbonyl (C=O) groups excluding carboxylic acids is 1. The van der Waals surface area contributed by atoms with Crippen LogP contribution in [0.25, 0.3) is 0 Å². The molecule has 0 aliphatic carbocycles. The highest BCUT2D eigenvalue weighted by molar-refractivity contribution is 6.25. The fraction of sp³-hybridized carbons (Fsp3) is 0.400. The van der Waals surface area contributed by atoms with Gasteiger partial charge in [-0.2, -0.15) is 0 Å². The summed E-state index contributed by atoms with van der Waals surface area (Å²) >= 11 is 5.14. The maximum Gasteiger partial charge on any atom is 0.240 e. The van der Waals surface area contributed by atoms with Crippen LogP contribution in [0.2, 0.25) is 0 Å². The number of hydroxylamine groups is 1. The van der Waals surface area contributed by atoms with E-state index in [0.717, 1.165) is 0 Å². The minimum absolute atomic E-state index is 0.224. The van der Waals surface area contributed by atoms with Crippen molar-refractivity contribution in [3.63, 3.8) is 0 Å². The number of carbonyl (C=O) groups is 1. The lowest BCUT2D eigenvalue weighted by Gasteiger charge is -1.96. The Morgan fingerprint density at radius 2 is 2.56 bits per heavy atom. The van der Waals surface area contributed by atoms with Crippen LogP contribution in [0.15, 0.2) is 11.6 Å². The molecule has 0 radical (unpaired) electrons. The molecule has 0 spiro atoms. The van der Waals surface area contributed by atoms with Crippen LogP contribution >= 0.6 is 11.6 Å². The molecular formula is C5H8ClNO2. The maximum atomic E-state index is 10.1. The smallest absolute Gasteiger partial charge is 0.240 e. The molecule has 0 aliphatic heterocycles. The minimum atomic E-state index is -0.224. The lowest BCUT2D eigenvalue weighted by Crippen LogP contribution is -2.19. The van der Waals surface area contributed by atoms with Gasteiger partial charge in [0.25, 0.3) is 0 Å². The molecule has 0 aromatic carbocycles. The molecular weight excluding hydrogens is 142 g/mol. The molecule has 3 nitrogen and oxygen atoms in total. The fourth-order valence-corrected chi connectivity index (χ4v) is 0.301. The van der Waals surface area contributed by atoms with Gasteiger partial charge in [-0.15, -0.1) is 0 Å². The average Bonchev–Trinajstić information content (AvgIpc) is 1.80. The first kappa shape index (κ1) is 8.46. The molecule has 0 atom stereocenters. The van der Waals surface area contributed by atoms with Gasteiger partial charge < -0.3 is 0 Å². The van der Waals surface area contributed by atoms with Gasteiger partial charge in [-0.1, -0.05) is 11.6 Å². The van der Waals surface area contributed by atoms with E-state index >= 15 is 0 Å². The molecule has 0 aromatic heterocycles. The molecule has 0 aromatic rings. The molecule has 0 fully saturated rings. The second-order valence-corrected chi connectivity index (χ2v) is 1.58. The third-order valence-electron chi connectivity index (χ3n) is 0.485. The predicted molar refractivity (Wildman–Crippen MR) is 34.8 cm³/mol. The zero-order valence-corrected chi connectivity index (χ0v) is 5.81. The van der Waals surface area contributed by atoms with Crippen molar-refractivity contribution >= 4 is 17.5 Å². The Hall–Kier alpha value is -0.540. The van der Waals surface area contributed by atoms with Crippen molar-refractivity contribution in [3.05, 3.63) is 11.6 Å². The van der Waals surface area contributed by atoms with E-state index < -0.39 is 0 Å². The topological polar surface area (TPSA) is 38.3 Å². The summed E-state index contributed by atoms with van der Waals surface area (Å²) in [6.45, 7) is 1.66. The van der Waals surface area contributed by atoms with Gasteiger partial charge in [0.1, 0.15) is 0 Å². The van der Waals surface area contributed by atoms with Gasteiger partial charge in [-0.25, -0.2) is 5.48 Å². The van der Waals surface area contributed by atoms with Gasteiger partial charge in [0.05, 0.1) is 6.61 Å².